The van der Waals surface area contributed by atoms with E-state index in [0.29, 0.717) is 65.3 Å². The number of ether oxygens (including phenoxy) is 7. The third kappa shape index (κ3) is 17.5. The van der Waals surface area contributed by atoms with E-state index in [4.69, 9.17) is 33.2 Å². The standard InChI is InChI=1S/2C8H17NO4S.2C7H13NO4S.C7H13NO3S.3CH4/c2*1-4-8(10)6-9(14(3,11)12)5-7(8)13-2;2*1-11-6-3-8(13(2,9)10)4-7(6)5-12-7;1-6-4-8(12(3,9)10)5-7(6)11-2;;;/h2*7,10H,4-6H2,1-3H3;2*6H,3-5H2,1-2H3;7H,1,4-5H2,2-3H3;3*1H4/t7-,8+;7-,8-;6-,7+;6-,7-;7-;;;/m00000.../s1. The Balaban J connectivity index is 0.000000829. The van der Waals surface area contributed by atoms with Gasteiger partial charge < -0.3 is 43.4 Å². The Kier molecular flexibility index (Phi) is 25.0. The van der Waals surface area contributed by atoms with E-state index >= 15 is 0 Å². The SMILES string of the molecule is C.C.C.C=C1CN(S(C)(=O)=O)C[C@@H]1OC.CC[C@@]1(O)CN(S(C)(=O)=O)C[C@@H]1OC.CC[C@]1(O)CN(S(C)(=O)=O)C[C@@H]1OC.CO[C@H]1CN(S(C)(=O)=O)C[C@@]12CO2.CO[C@H]1CN(S(C)(=O)=O)C[C@]12CO2. The molecule has 0 radical (unpaired) electrons. The van der Waals surface area contributed by atoms with Gasteiger partial charge in [0.05, 0.1) is 50.6 Å². The lowest BCUT2D eigenvalue weighted by atomic mass is 9.97. The molecule has 0 amide bonds. The van der Waals surface area contributed by atoms with Crippen LogP contribution < -0.4 is 0 Å². The van der Waals surface area contributed by atoms with Crippen LogP contribution in [0.3, 0.4) is 0 Å². The summed E-state index contributed by atoms with van der Waals surface area (Å²) in [6, 6.07) is 0. The number of hydrogen-bond acceptors (Lipinski definition) is 19. The molecule has 7 heterocycles. The molecular weight excluding hydrogens is 1010 g/mol. The van der Waals surface area contributed by atoms with Crippen molar-refractivity contribution in [2.24, 2.45) is 0 Å². The van der Waals surface area contributed by atoms with E-state index < -0.39 is 73.5 Å². The summed E-state index contributed by atoms with van der Waals surface area (Å²) in [5, 5.41) is 20.1. The minimum Gasteiger partial charge on any atom is -0.386 e. The monoisotopic (exact) mass is 1100 g/mol. The van der Waals surface area contributed by atoms with E-state index in [0.717, 1.165) is 18.1 Å². The van der Waals surface area contributed by atoms with Crippen molar-refractivity contribution in [2.75, 3.05) is 145 Å². The Morgan fingerprint density at radius 1 is 0.493 bits per heavy atom. The van der Waals surface area contributed by atoms with Crippen molar-refractivity contribution in [3.05, 3.63) is 12.2 Å². The lowest BCUT2D eigenvalue weighted by Crippen LogP contribution is -2.42. The number of hydrogen-bond donors (Lipinski definition) is 2. The molecule has 7 aliphatic heterocycles. The molecular formula is C40H85N5O19S5. The van der Waals surface area contributed by atoms with E-state index in [1.165, 1.54) is 54.5 Å². The summed E-state index contributed by atoms with van der Waals surface area (Å²) in [5.41, 5.74) is -1.94. The second kappa shape index (κ2) is 25.4. The van der Waals surface area contributed by atoms with Gasteiger partial charge in [0.25, 0.3) is 0 Å². The summed E-state index contributed by atoms with van der Waals surface area (Å²) in [4.78, 5) is 0. The highest BCUT2D eigenvalue weighted by Gasteiger charge is 2.60. The van der Waals surface area contributed by atoms with Gasteiger partial charge in [0, 0.05) is 101 Å². The maximum Gasteiger partial charge on any atom is 0.211 e. The van der Waals surface area contributed by atoms with Crippen LogP contribution in [0.25, 0.3) is 0 Å². The third-order valence-electron chi connectivity index (χ3n) is 12.9. The van der Waals surface area contributed by atoms with Gasteiger partial charge in [0.15, 0.2) is 0 Å². The van der Waals surface area contributed by atoms with Crippen molar-refractivity contribution in [3.8, 4) is 0 Å². The minimum atomic E-state index is -3.23. The molecule has 2 N–H and O–H groups in total. The van der Waals surface area contributed by atoms with Crippen LogP contribution in [0.5, 0.6) is 0 Å². The number of epoxide rings is 2. The quantitative estimate of drug-likeness (QED) is 0.169. The van der Waals surface area contributed by atoms with Crippen molar-refractivity contribution in [2.45, 2.75) is 102 Å². The van der Waals surface area contributed by atoms with Crippen LogP contribution >= 0.6 is 0 Å². The fourth-order valence-electron chi connectivity index (χ4n) is 8.08. The number of sulfonamides is 5. The molecule has 0 aromatic rings. The summed E-state index contributed by atoms with van der Waals surface area (Å²) in [6.45, 7) is 11.8. The van der Waals surface area contributed by atoms with Crippen molar-refractivity contribution in [1.82, 2.24) is 21.5 Å². The highest BCUT2D eigenvalue weighted by atomic mass is 32.2. The summed E-state index contributed by atoms with van der Waals surface area (Å²) < 4.78 is 155. The van der Waals surface area contributed by atoms with Crippen LogP contribution in [-0.2, 0) is 83.3 Å². The lowest BCUT2D eigenvalue weighted by molar-refractivity contribution is -0.0622. The van der Waals surface area contributed by atoms with Gasteiger partial charge in [-0.2, -0.15) is 21.5 Å². The predicted octanol–water partition coefficient (Wildman–Crippen LogP) is -1.33. The summed E-state index contributed by atoms with van der Waals surface area (Å²) in [5.74, 6) is 0. The molecule has 0 bridgehead atoms. The topological polar surface area (TPSA) is 299 Å². The van der Waals surface area contributed by atoms with Crippen LogP contribution in [0.2, 0.25) is 0 Å². The molecule has 7 aliphatic rings. The average Bonchev–Trinajstić information content (AvgIpc) is 3.84. The van der Waals surface area contributed by atoms with Gasteiger partial charge in [0.1, 0.15) is 46.8 Å². The summed E-state index contributed by atoms with van der Waals surface area (Å²) in [6.07, 6.45) is 5.64. The van der Waals surface area contributed by atoms with E-state index in [1.54, 1.807) is 21.3 Å². The van der Waals surface area contributed by atoms with Gasteiger partial charge in [0.2, 0.25) is 50.1 Å². The molecule has 414 valence electrons. The van der Waals surface area contributed by atoms with E-state index in [9.17, 15) is 52.3 Å². The molecule has 0 aromatic heterocycles. The summed E-state index contributed by atoms with van der Waals surface area (Å²) in [7, 11) is -8.07. The van der Waals surface area contributed by atoms with E-state index in [1.807, 2.05) is 13.8 Å². The molecule has 0 unspecified atom stereocenters. The zero-order chi connectivity index (χ0) is 50.7. The summed E-state index contributed by atoms with van der Waals surface area (Å²) >= 11 is 0. The average molecular weight is 1100 g/mol. The Hall–Kier alpha value is -1.07. The largest absolute Gasteiger partial charge is 0.386 e. The van der Waals surface area contributed by atoms with Crippen molar-refractivity contribution < 1.29 is 85.5 Å². The fourth-order valence-corrected chi connectivity index (χ4v) is 12.3. The maximum absolute atomic E-state index is 11.3. The number of aliphatic hydroxyl groups is 2. The molecule has 0 aromatic carbocycles. The van der Waals surface area contributed by atoms with Gasteiger partial charge in [-0.15, -0.1) is 0 Å². The predicted molar refractivity (Wildman–Crippen MR) is 263 cm³/mol. The first-order chi connectivity index (χ1) is 30.1. The molecule has 24 nitrogen and oxygen atoms in total. The first-order valence-corrected chi connectivity index (χ1v) is 30.1. The molecule has 0 saturated carbocycles. The first kappa shape index (κ1) is 67.9. The highest BCUT2D eigenvalue weighted by molar-refractivity contribution is 7.89. The van der Waals surface area contributed by atoms with Gasteiger partial charge >= 0.3 is 0 Å². The fraction of sp³-hybridized carbons (Fsp3) is 0.950. The number of rotatable bonds is 12. The van der Waals surface area contributed by atoms with Crippen LogP contribution in [0.15, 0.2) is 12.2 Å². The van der Waals surface area contributed by atoms with Crippen molar-refractivity contribution in [1.29, 1.82) is 0 Å². The molecule has 2 spiro atoms. The Morgan fingerprint density at radius 2 is 0.754 bits per heavy atom. The van der Waals surface area contributed by atoms with Crippen LogP contribution in [0.1, 0.15) is 49.0 Å². The van der Waals surface area contributed by atoms with Gasteiger partial charge in [-0.1, -0.05) is 42.7 Å². The zero-order valence-electron chi connectivity index (χ0n) is 40.1. The van der Waals surface area contributed by atoms with Crippen LogP contribution in [0.4, 0.5) is 0 Å². The maximum atomic E-state index is 11.3. The zero-order valence-corrected chi connectivity index (χ0v) is 44.2. The van der Waals surface area contributed by atoms with E-state index in [2.05, 4.69) is 6.58 Å². The molecule has 9 atom stereocenters. The molecule has 0 aliphatic carbocycles. The Labute approximate surface area is 414 Å². The Bertz CT molecular complexity index is 2110. The van der Waals surface area contributed by atoms with Crippen LogP contribution in [0, 0.1) is 0 Å². The molecule has 7 saturated heterocycles. The third-order valence-corrected chi connectivity index (χ3v) is 18.9. The second-order valence-corrected chi connectivity index (χ2v) is 27.6. The lowest BCUT2D eigenvalue weighted by Gasteiger charge is -2.26. The molecule has 7 fully saturated rings. The normalized spacial score (nSPS) is 33.9. The second-order valence-electron chi connectivity index (χ2n) is 17.7. The first-order valence-electron chi connectivity index (χ1n) is 20.9. The minimum absolute atomic E-state index is 0. The number of methoxy groups -OCH3 is 5. The van der Waals surface area contributed by atoms with E-state index in [-0.39, 0.29) is 78.0 Å². The molecule has 7 rings (SSSR count). The highest BCUT2D eigenvalue weighted by Crippen LogP contribution is 2.40. The van der Waals surface area contributed by atoms with Crippen LogP contribution in [-0.4, -0.2) is 272 Å². The van der Waals surface area contributed by atoms with Gasteiger partial charge in [-0.25, -0.2) is 42.1 Å². The number of β-amino-alcohol motifs (C(OH)–C–C–N with tert-alkyl or cyclic N) is 2. The van der Waals surface area contributed by atoms with Gasteiger partial charge in [-0.3, -0.25) is 0 Å². The van der Waals surface area contributed by atoms with Gasteiger partial charge in [-0.05, 0) is 18.4 Å². The molecule has 69 heavy (non-hydrogen) atoms. The molecule has 29 heteroatoms. The number of nitrogens with zero attached hydrogens (tertiary/aromatic N) is 5. The Morgan fingerprint density at radius 3 is 0.913 bits per heavy atom. The van der Waals surface area contributed by atoms with Crippen molar-refractivity contribution in [3.63, 3.8) is 0 Å². The smallest absolute Gasteiger partial charge is 0.211 e. The van der Waals surface area contributed by atoms with Crippen molar-refractivity contribution >= 4 is 50.1 Å².